The third-order valence-electron chi connectivity index (χ3n) is 2.51. The van der Waals surface area contributed by atoms with E-state index in [1.165, 1.54) is 0 Å². The first-order valence-corrected chi connectivity index (χ1v) is 6.44. The topological polar surface area (TPSA) is 75.4 Å². The Bertz CT molecular complexity index is 397. The smallest absolute Gasteiger partial charge is 0.267 e. The number of carbonyl (C=O) groups excluding carboxylic acids is 1. The first-order chi connectivity index (χ1) is 7.68. The van der Waals surface area contributed by atoms with Gasteiger partial charge in [0.1, 0.15) is 11.0 Å². The van der Waals surface area contributed by atoms with Crippen LogP contribution in [0.25, 0.3) is 0 Å². The zero-order chi connectivity index (χ0) is 11.5. The van der Waals surface area contributed by atoms with Crippen LogP contribution in [0.2, 0.25) is 0 Å². The number of amides is 1. The first-order valence-electron chi connectivity index (χ1n) is 5.05. The molecule has 1 aliphatic rings. The Hall–Kier alpha value is -1.20. The number of rotatable bonds is 3. The van der Waals surface area contributed by atoms with Crippen molar-refractivity contribution in [3.63, 3.8) is 0 Å². The minimum atomic E-state index is -1.25. The SMILES string of the molecule is NC(=O)C[S+]([O-])C1CCOc2ccccc21. The second-order valence-electron chi connectivity index (χ2n) is 3.65. The zero-order valence-electron chi connectivity index (χ0n) is 8.72. The van der Waals surface area contributed by atoms with Gasteiger partial charge < -0.3 is 15.0 Å². The largest absolute Gasteiger partial charge is 0.615 e. The van der Waals surface area contributed by atoms with E-state index in [1.807, 2.05) is 24.3 Å². The van der Waals surface area contributed by atoms with Crippen molar-refractivity contribution < 1.29 is 14.1 Å². The van der Waals surface area contributed by atoms with Crippen LogP contribution in [-0.2, 0) is 16.0 Å². The number of ether oxygens (including phenoxy) is 1. The summed E-state index contributed by atoms with van der Waals surface area (Å²) in [6.45, 7) is 0.534. The molecular formula is C11H13NO3S. The van der Waals surface area contributed by atoms with Crippen molar-refractivity contribution in [1.82, 2.24) is 0 Å². The normalized spacial score (nSPS) is 20.7. The monoisotopic (exact) mass is 239 g/mol. The molecule has 1 amide bonds. The van der Waals surface area contributed by atoms with Crippen LogP contribution in [-0.4, -0.2) is 22.8 Å². The average molecular weight is 239 g/mol. The zero-order valence-corrected chi connectivity index (χ0v) is 9.53. The molecule has 1 heterocycles. The molecule has 2 rings (SSSR count). The summed E-state index contributed by atoms with van der Waals surface area (Å²) in [5.41, 5.74) is 5.97. The molecule has 86 valence electrons. The highest BCUT2D eigenvalue weighted by Crippen LogP contribution is 2.37. The second kappa shape index (κ2) is 4.76. The number of hydrogen-bond acceptors (Lipinski definition) is 3. The van der Waals surface area contributed by atoms with Crippen LogP contribution in [0.4, 0.5) is 0 Å². The predicted molar refractivity (Wildman–Crippen MR) is 61.5 cm³/mol. The molecule has 2 unspecified atom stereocenters. The molecule has 0 saturated carbocycles. The molecule has 1 aliphatic heterocycles. The van der Waals surface area contributed by atoms with Gasteiger partial charge in [0.2, 0.25) is 0 Å². The highest BCUT2D eigenvalue weighted by Gasteiger charge is 2.31. The molecule has 1 aromatic carbocycles. The predicted octanol–water partition coefficient (Wildman–Crippen LogP) is 0.744. The molecule has 2 atom stereocenters. The van der Waals surface area contributed by atoms with Gasteiger partial charge in [-0.25, -0.2) is 0 Å². The van der Waals surface area contributed by atoms with E-state index in [9.17, 15) is 9.35 Å². The molecule has 2 N–H and O–H groups in total. The maximum absolute atomic E-state index is 11.9. The van der Waals surface area contributed by atoms with Gasteiger partial charge >= 0.3 is 0 Å². The molecule has 0 radical (unpaired) electrons. The van der Waals surface area contributed by atoms with Crippen molar-refractivity contribution in [1.29, 1.82) is 0 Å². The minimum absolute atomic E-state index is 0.0843. The molecule has 5 heteroatoms. The van der Waals surface area contributed by atoms with Crippen molar-refractivity contribution in [2.24, 2.45) is 5.73 Å². The molecule has 0 saturated heterocycles. The molecule has 0 fully saturated rings. The molecule has 0 bridgehead atoms. The number of para-hydroxylation sites is 1. The highest BCUT2D eigenvalue weighted by atomic mass is 32.2. The number of fused-ring (bicyclic) bond motifs is 1. The van der Waals surface area contributed by atoms with Crippen molar-refractivity contribution in [3.05, 3.63) is 29.8 Å². The van der Waals surface area contributed by atoms with Gasteiger partial charge in [0.15, 0.2) is 5.75 Å². The third kappa shape index (κ3) is 2.31. The number of hydrogen-bond donors (Lipinski definition) is 1. The molecular weight excluding hydrogens is 226 g/mol. The molecule has 0 aliphatic carbocycles. The van der Waals surface area contributed by atoms with Gasteiger partial charge in [-0.15, -0.1) is 0 Å². The lowest BCUT2D eigenvalue weighted by molar-refractivity contribution is -0.115. The summed E-state index contributed by atoms with van der Waals surface area (Å²) in [7, 11) is 0. The van der Waals surface area contributed by atoms with Crippen molar-refractivity contribution in [2.75, 3.05) is 12.4 Å². The number of benzene rings is 1. The van der Waals surface area contributed by atoms with E-state index in [2.05, 4.69) is 0 Å². The lowest BCUT2D eigenvalue weighted by atomic mass is 10.1. The fourth-order valence-electron chi connectivity index (χ4n) is 1.82. The van der Waals surface area contributed by atoms with E-state index in [4.69, 9.17) is 10.5 Å². The van der Waals surface area contributed by atoms with E-state index >= 15 is 0 Å². The van der Waals surface area contributed by atoms with Gasteiger partial charge in [0.25, 0.3) is 5.91 Å². The summed E-state index contributed by atoms with van der Waals surface area (Å²) in [6.07, 6.45) is 0.664. The van der Waals surface area contributed by atoms with E-state index in [-0.39, 0.29) is 11.0 Å². The van der Waals surface area contributed by atoms with Gasteiger partial charge in [-0.1, -0.05) is 18.2 Å². The van der Waals surface area contributed by atoms with Crippen LogP contribution in [0.15, 0.2) is 24.3 Å². The Morgan fingerprint density at radius 3 is 3.06 bits per heavy atom. The summed E-state index contributed by atoms with van der Waals surface area (Å²) >= 11 is -1.25. The summed E-state index contributed by atoms with van der Waals surface area (Å²) in [4.78, 5) is 10.8. The second-order valence-corrected chi connectivity index (χ2v) is 5.27. The fraction of sp³-hybridized carbons (Fsp3) is 0.364. The Morgan fingerprint density at radius 2 is 2.31 bits per heavy atom. The van der Waals surface area contributed by atoms with Crippen LogP contribution < -0.4 is 10.5 Å². The Balaban J connectivity index is 2.21. The van der Waals surface area contributed by atoms with Crippen LogP contribution in [0.3, 0.4) is 0 Å². The Labute approximate surface area is 97.0 Å². The van der Waals surface area contributed by atoms with Crippen LogP contribution >= 0.6 is 0 Å². The maximum atomic E-state index is 11.9. The lowest BCUT2D eigenvalue weighted by Gasteiger charge is -2.27. The van der Waals surface area contributed by atoms with Crippen molar-refractivity contribution in [3.8, 4) is 5.75 Å². The lowest BCUT2D eigenvalue weighted by Crippen LogP contribution is -2.29. The maximum Gasteiger partial charge on any atom is 0.267 e. The average Bonchev–Trinajstić information content (AvgIpc) is 2.27. The summed E-state index contributed by atoms with van der Waals surface area (Å²) < 4.78 is 17.4. The van der Waals surface area contributed by atoms with Crippen LogP contribution in [0.5, 0.6) is 5.75 Å². The Kier molecular flexibility index (Phi) is 3.36. The summed E-state index contributed by atoms with van der Waals surface area (Å²) in [6, 6.07) is 7.49. The van der Waals surface area contributed by atoms with E-state index in [1.54, 1.807) is 0 Å². The van der Waals surface area contributed by atoms with Crippen molar-refractivity contribution in [2.45, 2.75) is 11.7 Å². The molecule has 16 heavy (non-hydrogen) atoms. The van der Waals surface area contributed by atoms with E-state index in [0.717, 1.165) is 11.3 Å². The first kappa shape index (κ1) is 11.3. The van der Waals surface area contributed by atoms with Crippen LogP contribution in [0.1, 0.15) is 17.2 Å². The van der Waals surface area contributed by atoms with Gasteiger partial charge in [0, 0.05) is 12.0 Å². The molecule has 0 aromatic heterocycles. The quantitative estimate of drug-likeness (QED) is 0.791. The fourth-order valence-corrected chi connectivity index (χ4v) is 3.14. The highest BCUT2D eigenvalue weighted by molar-refractivity contribution is 7.92. The summed E-state index contributed by atoms with van der Waals surface area (Å²) in [5, 5.41) is -0.141. The van der Waals surface area contributed by atoms with Crippen LogP contribution in [0, 0.1) is 0 Å². The van der Waals surface area contributed by atoms with Gasteiger partial charge in [-0.05, 0) is 17.2 Å². The minimum Gasteiger partial charge on any atom is -0.615 e. The number of carbonyl (C=O) groups is 1. The molecule has 1 aromatic rings. The molecule has 4 nitrogen and oxygen atoms in total. The van der Waals surface area contributed by atoms with Gasteiger partial charge in [-0.3, -0.25) is 4.79 Å². The van der Waals surface area contributed by atoms with Gasteiger partial charge in [-0.2, -0.15) is 0 Å². The van der Waals surface area contributed by atoms with Gasteiger partial charge in [0.05, 0.1) is 6.61 Å². The van der Waals surface area contributed by atoms with E-state index < -0.39 is 17.1 Å². The van der Waals surface area contributed by atoms with Crippen molar-refractivity contribution >= 4 is 17.1 Å². The third-order valence-corrected chi connectivity index (χ3v) is 4.20. The molecule has 0 spiro atoms. The standard InChI is InChI=1S/C11H13NO3S/c12-11(13)7-16(14)10-5-6-15-9-4-2-1-3-8(9)10/h1-4,10H,5-7H2,(H2,12,13). The number of primary amides is 1. The number of nitrogens with two attached hydrogens (primary N) is 1. The van der Waals surface area contributed by atoms with E-state index in [0.29, 0.717) is 13.0 Å². The Morgan fingerprint density at radius 1 is 1.56 bits per heavy atom. The summed E-state index contributed by atoms with van der Waals surface area (Å²) in [5.74, 6) is 0.151.